The zero-order valence-electron chi connectivity index (χ0n) is 31.5. The summed E-state index contributed by atoms with van der Waals surface area (Å²) in [6.07, 6.45) is -5.94. The van der Waals surface area contributed by atoms with Gasteiger partial charge in [0.05, 0.1) is 12.2 Å². The first kappa shape index (κ1) is 40.7. The molecule has 9 N–H and O–H groups in total. The predicted molar refractivity (Wildman–Crippen MR) is 190 cm³/mol. The van der Waals surface area contributed by atoms with Crippen LogP contribution in [0, 0.1) is 17.8 Å². The Labute approximate surface area is 313 Å². The molecule has 0 saturated carbocycles. The lowest BCUT2D eigenvalue weighted by Crippen LogP contribution is -2.67. The number of aliphatic hydroxyl groups excluding tert-OH is 2. The third-order valence-electron chi connectivity index (χ3n) is 10.4. The van der Waals surface area contributed by atoms with Gasteiger partial charge in [0.2, 0.25) is 23.6 Å². The van der Waals surface area contributed by atoms with E-state index in [1.54, 1.807) is 41.5 Å². The number of hydrazine groups is 1. The molecule has 0 spiro atoms. The third kappa shape index (κ3) is 7.83. The standard InChI is InChI=1S/C36H53N7O11/c1-15(2)10-23-29(47)41-27(18(7)44)32(50)42-25(13-36(53)21-11-19(45)8-9-22(21)39-35(36)42)31(49)40-26(16(3)4)34(52)54-28(17(5)6)33(51)43-24(30(48)38-23)12-20(46)14-37-43/h8-9,11,15-18,20,23-28,35,37,39,44-46,53H,10,12-14H2,1-7H3,(H,38,48)(H,40,49)(H,41,47)/t18-,20+,23-,24+,25+,26+,27+,28-,35-,36+/m0/s1. The Morgan fingerprint density at radius 3 is 2.11 bits per heavy atom. The SMILES string of the molecule is CC(C)C[C@@H]1NC(=O)[C@H]2C[C@@H](O)CNN2C(=O)[C@H](C(C)C)OC(=O)[C@@H](C(C)C)NC(=O)[C@H]2C[C@@]3(O)c4cc(O)ccc4N[C@H]3N2C(=O)[C@@H]([C@H](C)O)NC1=O. The first-order valence-corrected chi connectivity index (χ1v) is 18.4. The first-order chi connectivity index (χ1) is 25.2. The van der Waals surface area contributed by atoms with Crippen LogP contribution in [0.5, 0.6) is 5.75 Å². The van der Waals surface area contributed by atoms with Gasteiger partial charge in [0.15, 0.2) is 6.10 Å². The third-order valence-corrected chi connectivity index (χ3v) is 10.4. The lowest BCUT2D eigenvalue weighted by Gasteiger charge is -2.40. The van der Waals surface area contributed by atoms with Gasteiger partial charge in [0, 0.05) is 30.6 Å². The van der Waals surface area contributed by atoms with E-state index in [-0.39, 0.29) is 36.6 Å². The van der Waals surface area contributed by atoms with Gasteiger partial charge in [-0.15, -0.1) is 0 Å². The number of amides is 5. The Bertz CT molecular complexity index is 1650. The van der Waals surface area contributed by atoms with Crippen LogP contribution in [0.3, 0.4) is 0 Å². The Morgan fingerprint density at radius 2 is 1.50 bits per heavy atom. The lowest BCUT2D eigenvalue weighted by molar-refractivity contribution is -0.172. The topological polar surface area (TPSA) is 259 Å². The fourth-order valence-corrected chi connectivity index (χ4v) is 7.57. The molecule has 0 unspecified atom stereocenters. The fourth-order valence-electron chi connectivity index (χ4n) is 7.57. The number of β-amino-alcohol motifs (C(OH)–C–C–N with tert-alkyl or cyclic N) is 1. The van der Waals surface area contributed by atoms with E-state index in [4.69, 9.17) is 4.74 Å². The highest BCUT2D eigenvalue weighted by molar-refractivity contribution is 5.98. The number of rotatable bonds is 5. The van der Waals surface area contributed by atoms with Crippen molar-refractivity contribution in [2.45, 2.75) is 128 Å². The summed E-state index contributed by atoms with van der Waals surface area (Å²) in [4.78, 5) is 85.8. The molecule has 18 nitrogen and oxygen atoms in total. The molecule has 1 aromatic carbocycles. The monoisotopic (exact) mass is 759 g/mol. The maximum absolute atomic E-state index is 14.6. The van der Waals surface area contributed by atoms with Crippen LogP contribution in [0.15, 0.2) is 18.2 Å². The highest BCUT2D eigenvalue weighted by Gasteiger charge is 2.61. The number of hydrogen-bond acceptors (Lipinski definition) is 13. The van der Waals surface area contributed by atoms with Crippen molar-refractivity contribution in [3.63, 3.8) is 0 Å². The van der Waals surface area contributed by atoms with Gasteiger partial charge >= 0.3 is 5.97 Å². The first-order valence-electron chi connectivity index (χ1n) is 18.4. The van der Waals surface area contributed by atoms with Crippen molar-refractivity contribution in [2.24, 2.45) is 17.8 Å². The number of nitrogens with zero attached hydrogens (tertiary/aromatic N) is 2. The van der Waals surface area contributed by atoms with Crippen molar-refractivity contribution in [3.8, 4) is 5.75 Å². The molecule has 5 rings (SSSR count). The highest BCUT2D eigenvalue weighted by Crippen LogP contribution is 2.50. The molecule has 18 heteroatoms. The van der Waals surface area contributed by atoms with Crippen molar-refractivity contribution in [1.29, 1.82) is 0 Å². The molecule has 3 saturated heterocycles. The zero-order valence-corrected chi connectivity index (χ0v) is 31.5. The molecular weight excluding hydrogens is 706 g/mol. The predicted octanol–water partition coefficient (Wildman–Crippen LogP) is -1.48. The summed E-state index contributed by atoms with van der Waals surface area (Å²) in [6.45, 7) is 11.3. The minimum atomic E-state index is -1.95. The van der Waals surface area contributed by atoms with E-state index < -0.39 is 114 Å². The van der Waals surface area contributed by atoms with Gasteiger partial charge in [-0.05, 0) is 49.3 Å². The highest BCUT2D eigenvalue weighted by atomic mass is 16.6. The number of aromatic hydroxyl groups is 1. The number of benzene rings is 1. The molecule has 4 aliphatic rings. The number of fused-ring (bicyclic) bond motifs is 6. The minimum absolute atomic E-state index is 0.0647. The summed E-state index contributed by atoms with van der Waals surface area (Å²) in [5.41, 5.74) is 1.37. The van der Waals surface area contributed by atoms with Gasteiger partial charge in [-0.3, -0.25) is 29.0 Å². The number of nitrogens with one attached hydrogen (secondary N) is 5. The zero-order chi connectivity index (χ0) is 40.0. The van der Waals surface area contributed by atoms with E-state index in [1.165, 1.54) is 25.1 Å². The summed E-state index contributed by atoms with van der Waals surface area (Å²) in [5, 5.41) is 55.8. The van der Waals surface area contributed by atoms with E-state index in [0.717, 1.165) is 9.91 Å². The van der Waals surface area contributed by atoms with Crippen LogP contribution in [-0.2, 0) is 39.1 Å². The Kier molecular flexibility index (Phi) is 11.8. The summed E-state index contributed by atoms with van der Waals surface area (Å²) in [7, 11) is 0. The molecule has 1 aromatic rings. The van der Waals surface area contributed by atoms with Gasteiger partial charge in [-0.1, -0.05) is 41.5 Å². The van der Waals surface area contributed by atoms with Crippen molar-refractivity contribution in [2.75, 3.05) is 11.9 Å². The molecule has 298 valence electrons. The van der Waals surface area contributed by atoms with Crippen LogP contribution in [0.25, 0.3) is 0 Å². The normalized spacial score (nSPS) is 33.1. The average molecular weight is 760 g/mol. The summed E-state index contributed by atoms with van der Waals surface area (Å²) in [5.74, 6) is -6.84. The van der Waals surface area contributed by atoms with Gasteiger partial charge < -0.3 is 51.3 Å². The number of ether oxygens (including phenoxy) is 1. The number of hydrogen-bond donors (Lipinski definition) is 9. The van der Waals surface area contributed by atoms with E-state index in [9.17, 15) is 49.2 Å². The number of aliphatic hydroxyl groups is 3. The Hall–Kier alpha value is -4.52. The second kappa shape index (κ2) is 15.7. The van der Waals surface area contributed by atoms with Crippen molar-refractivity contribution < 1.29 is 53.9 Å². The number of anilines is 1. The number of carbonyl (C=O) groups excluding carboxylic acids is 6. The van der Waals surface area contributed by atoms with E-state index in [2.05, 4.69) is 26.7 Å². The molecule has 3 fully saturated rings. The summed E-state index contributed by atoms with van der Waals surface area (Å²) in [6, 6.07) is -3.02. The largest absolute Gasteiger partial charge is 0.508 e. The van der Waals surface area contributed by atoms with Gasteiger partial charge in [0.25, 0.3) is 5.91 Å². The van der Waals surface area contributed by atoms with E-state index >= 15 is 0 Å². The summed E-state index contributed by atoms with van der Waals surface area (Å²) >= 11 is 0. The maximum atomic E-state index is 14.6. The molecule has 0 aromatic heterocycles. The Morgan fingerprint density at radius 1 is 0.852 bits per heavy atom. The van der Waals surface area contributed by atoms with Crippen molar-refractivity contribution in [1.82, 2.24) is 31.3 Å². The number of cyclic esters (lactones) is 1. The quantitative estimate of drug-likeness (QED) is 0.123. The fraction of sp³-hybridized carbons (Fsp3) is 0.667. The molecule has 5 amide bonds. The number of phenols is 1. The van der Waals surface area contributed by atoms with Crippen molar-refractivity contribution in [3.05, 3.63) is 23.8 Å². The second-order valence-corrected chi connectivity index (χ2v) is 15.9. The lowest BCUT2D eigenvalue weighted by atomic mass is 9.90. The number of carbonyl (C=O) groups is 6. The molecule has 0 aliphatic carbocycles. The maximum Gasteiger partial charge on any atom is 0.329 e. The summed E-state index contributed by atoms with van der Waals surface area (Å²) < 4.78 is 5.78. The van der Waals surface area contributed by atoms with E-state index in [1.807, 2.05) is 0 Å². The number of esters is 1. The van der Waals surface area contributed by atoms with Crippen LogP contribution < -0.4 is 26.7 Å². The second-order valence-electron chi connectivity index (χ2n) is 15.9. The van der Waals surface area contributed by atoms with Gasteiger partial charge in [0.1, 0.15) is 47.7 Å². The van der Waals surface area contributed by atoms with Crippen LogP contribution in [-0.4, -0.2) is 127 Å². The number of phenolic OH excluding ortho intramolecular Hbond substituents is 1. The van der Waals surface area contributed by atoms with Crippen LogP contribution in [0.4, 0.5) is 5.69 Å². The van der Waals surface area contributed by atoms with Gasteiger partial charge in [-0.2, -0.15) is 0 Å². The molecule has 54 heavy (non-hydrogen) atoms. The molecular formula is C36H53N7O11. The van der Waals surface area contributed by atoms with Crippen LogP contribution >= 0.6 is 0 Å². The van der Waals surface area contributed by atoms with E-state index in [0.29, 0.717) is 5.69 Å². The van der Waals surface area contributed by atoms with Crippen molar-refractivity contribution >= 4 is 41.2 Å². The molecule has 10 atom stereocenters. The van der Waals surface area contributed by atoms with Crippen LogP contribution in [0.1, 0.15) is 73.3 Å². The van der Waals surface area contributed by atoms with Gasteiger partial charge in [-0.25, -0.2) is 10.2 Å². The molecule has 4 aliphatic heterocycles. The molecule has 0 radical (unpaired) electrons. The molecule has 0 bridgehead atoms. The average Bonchev–Trinajstić information content (AvgIpc) is 3.54. The Balaban J connectivity index is 1.62. The molecule has 4 heterocycles. The minimum Gasteiger partial charge on any atom is -0.508 e. The smallest absolute Gasteiger partial charge is 0.329 e. The van der Waals surface area contributed by atoms with Crippen LogP contribution in [0.2, 0.25) is 0 Å².